The molecule has 1 fully saturated rings. The van der Waals surface area contributed by atoms with Crippen LogP contribution < -0.4 is 10.6 Å². The van der Waals surface area contributed by atoms with Crippen molar-refractivity contribution in [1.29, 1.82) is 0 Å². The first kappa shape index (κ1) is 22.3. The van der Waals surface area contributed by atoms with Crippen molar-refractivity contribution in [2.45, 2.75) is 37.6 Å². The fraction of sp³-hybridized carbons (Fsp3) is 0.273. The van der Waals surface area contributed by atoms with Crippen LogP contribution in [0.2, 0.25) is 0 Å². The number of alkyl halides is 3. The van der Waals surface area contributed by atoms with Crippen LogP contribution in [0.3, 0.4) is 0 Å². The number of phenolic OH excluding ortho intramolecular Hbond substituents is 1. The van der Waals surface area contributed by atoms with Crippen molar-refractivity contribution in [2.75, 3.05) is 0 Å². The zero-order valence-corrected chi connectivity index (χ0v) is 17.0. The third-order valence-corrected chi connectivity index (χ3v) is 5.61. The van der Waals surface area contributed by atoms with Gasteiger partial charge in [0.05, 0.1) is 0 Å². The zero-order valence-electron chi connectivity index (χ0n) is 17.0. The van der Waals surface area contributed by atoms with Crippen molar-refractivity contribution in [2.24, 2.45) is 0 Å². The van der Waals surface area contributed by atoms with Crippen LogP contribution in [0.5, 0.6) is 5.75 Å². The number of carbonyl (C=O) groups excluding carboxylic acids is 4. The van der Waals surface area contributed by atoms with Crippen molar-refractivity contribution in [3.05, 3.63) is 64.7 Å². The quantitative estimate of drug-likeness (QED) is 0.604. The Morgan fingerprint density at radius 1 is 1.12 bits per heavy atom. The van der Waals surface area contributed by atoms with Crippen LogP contribution in [-0.4, -0.2) is 45.9 Å². The Balaban J connectivity index is 1.54. The second kappa shape index (κ2) is 8.23. The lowest BCUT2D eigenvalue weighted by atomic mass is 10.0. The fourth-order valence-electron chi connectivity index (χ4n) is 3.95. The maximum absolute atomic E-state index is 13.6. The summed E-state index contributed by atoms with van der Waals surface area (Å²) in [6, 6.07) is 5.05. The topological polar surface area (TPSA) is 116 Å². The highest BCUT2D eigenvalue weighted by molar-refractivity contribution is 6.06. The molecule has 0 aliphatic carbocycles. The molecule has 8 nitrogen and oxygen atoms in total. The Morgan fingerprint density at radius 3 is 2.45 bits per heavy atom. The van der Waals surface area contributed by atoms with Gasteiger partial charge in [0.15, 0.2) is 6.04 Å². The van der Waals surface area contributed by atoms with E-state index in [4.69, 9.17) is 0 Å². The van der Waals surface area contributed by atoms with Gasteiger partial charge < -0.3 is 15.3 Å². The van der Waals surface area contributed by atoms with E-state index in [9.17, 15) is 37.5 Å². The first-order chi connectivity index (χ1) is 15.5. The maximum Gasteiger partial charge on any atom is 0.412 e. The van der Waals surface area contributed by atoms with Gasteiger partial charge >= 0.3 is 6.18 Å². The van der Waals surface area contributed by atoms with Crippen molar-refractivity contribution < 1.29 is 37.5 Å². The van der Waals surface area contributed by atoms with E-state index in [1.165, 1.54) is 23.1 Å². The van der Waals surface area contributed by atoms with Gasteiger partial charge in [0.1, 0.15) is 11.8 Å². The van der Waals surface area contributed by atoms with Gasteiger partial charge in [0.25, 0.3) is 11.8 Å². The van der Waals surface area contributed by atoms with Gasteiger partial charge in [-0.2, -0.15) is 13.2 Å². The van der Waals surface area contributed by atoms with Gasteiger partial charge in [0.2, 0.25) is 11.8 Å². The van der Waals surface area contributed by atoms with E-state index in [2.05, 4.69) is 5.32 Å². The van der Waals surface area contributed by atoms with Gasteiger partial charge in [-0.15, -0.1) is 0 Å². The Morgan fingerprint density at radius 2 is 1.82 bits per heavy atom. The van der Waals surface area contributed by atoms with Gasteiger partial charge in [-0.05, 0) is 47.9 Å². The number of carbonyl (C=O) groups is 4. The molecule has 33 heavy (non-hydrogen) atoms. The first-order valence-corrected chi connectivity index (χ1v) is 9.98. The summed E-state index contributed by atoms with van der Waals surface area (Å²) in [6.45, 7) is -0.0117. The van der Waals surface area contributed by atoms with Gasteiger partial charge in [-0.1, -0.05) is 12.1 Å². The molecule has 0 radical (unpaired) electrons. The Bertz CT molecular complexity index is 1150. The fourth-order valence-corrected chi connectivity index (χ4v) is 3.95. The molecule has 172 valence electrons. The molecule has 0 saturated carbocycles. The average molecular weight is 461 g/mol. The van der Waals surface area contributed by atoms with Gasteiger partial charge in [-0.3, -0.25) is 24.5 Å². The smallest absolute Gasteiger partial charge is 0.412 e. The Labute approximate surface area is 185 Å². The molecule has 2 aliphatic rings. The van der Waals surface area contributed by atoms with Crippen LogP contribution in [0.4, 0.5) is 13.2 Å². The van der Waals surface area contributed by atoms with E-state index in [0.29, 0.717) is 5.56 Å². The third-order valence-electron chi connectivity index (χ3n) is 5.61. The highest BCUT2D eigenvalue weighted by atomic mass is 19.4. The number of nitrogens with zero attached hydrogens (tertiary/aromatic N) is 1. The minimum absolute atomic E-state index is 0.0117. The van der Waals surface area contributed by atoms with Gasteiger partial charge in [-0.25, -0.2) is 0 Å². The van der Waals surface area contributed by atoms with E-state index in [0.717, 1.165) is 24.3 Å². The molecule has 2 aromatic rings. The molecule has 4 rings (SSSR count). The highest BCUT2D eigenvalue weighted by Gasteiger charge is 2.43. The summed E-state index contributed by atoms with van der Waals surface area (Å²) in [7, 11) is 0. The molecule has 1 saturated heterocycles. The van der Waals surface area contributed by atoms with E-state index >= 15 is 0 Å². The predicted octanol–water partition coefficient (Wildman–Crippen LogP) is 2.19. The molecule has 2 heterocycles. The molecule has 0 spiro atoms. The summed E-state index contributed by atoms with van der Waals surface area (Å²) in [5.41, 5.74) is 0.293. The van der Waals surface area contributed by atoms with E-state index < -0.39 is 41.9 Å². The van der Waals surface area contributed by atoms with Crippen molar-refractivity contribution in [1.82, 2.24) is 15.5 Å². The number of hydrogen-bond donors (Lipinski definition) is 3. The normalized spacial score (nSPS) is 19.2. The summed E-state index contributed by atoms with van der Waals surface area (Å²) in [5, 5.41) is 13.4. The summed E-state index contributed by atoms with van der Waals surface area (Å²) in [6.07, 6.45) is -4.54. The first-order valence-electron chi connectivity index (χ1n) is 9.98. The molecule has 4 amide bonds. The number of fused-ring (bicyclic) bond motifs is 1. The van der Waals surface area contributed by atoms with Crippen LogP contribution in [0.1, 0.15) is 50.7 Å². The number of hydrogen-bond acceptors (Lipinski definition) is 5. The lowest BCUT2D eigenvalue weighted by molar-refractivity contribution is -0.155. The number of imide groups is 1. The lowest BCUT2D eigenvalue weighted by Crippen LogP contribution is -2.52. The number of piperidine rings is 1. The third kappa shape index (κ3) is 4.38. The average Bonchev–Trinajstić information content (AvgIpc) is 3.07. The maximum atomic E-state index is 13.6. The molecule has 2 atom stereocenters. The second-order valence-electron chi connectivity index (χ2n) is 7.81. The van der Waals surface area contributed by atoms with Crippen molar-refractivity contribution in [3.63, 3.8) is 0 Å². The largest absolute Gasteiger partial charge is 0.508 e. The molecule has 2 aliphatic heterocycles. The lowest BCUT2D eigenvalue weighted by Gasteiger charge is -2.29. The summed E-state index contributed by atoms with van der Waals surface area (Å²) < 4.78 is 40.8. The molecule has 11 heteroatoms. The standard InChI is InChI=1S/C22H18F3N3O5/c23-22(24,25)18(11-1-4-14(29)5-2-11)27-19(31)12-3-6-15-13(9-12)10-28(21(15)33)16-7-8-17(30)26-20(16)32/h1-6,9,16,18,29H,7-8,10H2,(H,27,31)(H,26,30,32). The highest BCUT2D eigenvalue weighted by Crippen LogP contribution is 2.34. The summed E-state index contributed by atoms with van der Waals surface area (Å²) >= 11 is 0. The molecular weight excluding hydrogens is 443 g/mol. The Hall–Kier alpha value is -3.89. The minimum Gasteiger partial charge on any atom is -0.508 e. The monoisotopic (exact) mass is 461 g/mol. The van der Waals surface area contributed by atoms with Crippen molar-refractivity contribution >= 4 is 23.6 Å². The number of aromatic hydroxyl groups is 1. The van der Waals surface area contributed by atoms with Crippen LogP contribution in [0.25, 0.3) is 0 Å². The molecular formula is C22H18F3N3O5. The molecule has 0 aromatic heterocycles. The number of phenols is 1. The molecule has 0 bridgehead atoms. The molecule has 3 N–H and O–H groups in total. The van der Waals surface area contributed by atoms with E-state index in [1.807, 2.05) is 5.32 Å². The van der Waals surface area contributed by atoms with Gasteiger partial charge in [0, 0.05) is 24.1 Å². The van der Waals surface area contributed by atoms with E-state index in [1.54, 1.807) is 0 Å². The SMILES string of the molecule is O=C1CCC(N2Cc3cc(C(=O)NC(c4ccc(O)cc4)C(F)(F)F)ccc3C2=O)C(=O)N1. The number of benzene rings is 2. The number of halogens is 3. The second-order valence-corrected chi connectivity index (χ2v) is 7.81. The minimum atomic E-state index is -4.79. The van der Waals surface area contributed by atoms with Crippen LogP contribution in [0, 0.1) is 0 Å². The van der Waals surface area contributed by atoms with Crippen LogP contribution in [0.15, 0.2) is 42.5 Å². The molecule has 2 aromatic carbocycles. The van der Waals surface area contributed by atoms with Crippen LogP contribution >= 0.6 is 0 Å². The number of nitrogens with one attached hydrogen (secondary N) is 2. The molecule has 2 unspecified atom stereocenters. The number of rotatable bonds is 4. The Kier molecular flexibility index (Phi) is 5.56. The summed E-state index contributed by atoms with van der Waals surface area (Å²) in [5.74, 6) is -2.68. The predicted molar refractivity (Wildman–Crippen MR) is 107 cm³/mol. The summed E-state index contributed by atoms with van der Waals surface area (Å²) in [4.78, 5) is 50.1. The number of amides is 4. The van der Waals surface area contributed by atoms with E-state index in [-0.39, 0.29) is 41.8 Å². The zero-order chi connectivity index (χ0) is 23.9. The van der Waals surface area contributed by atoms with Crippen LogP contribution in [-0.2, 0) is 16.1 Å². The van der Waals surface area contributed by atoms with Crippen molar-refractivity contribution in [3.8, 4) is 5.75 Å².